The summed E-state index contributed by atoms with van der Waals surface area (Å²) in [6.45, 7) is 0.362. The highest BCUT2D eigenvalue weighted by atomic mass is 19.3. The Morgan fingerprint density at radius 2 is 1.38 bits per heavy atom. The van der Waals surface area contributed by atoms with Crippen molar-refractivity contribution >= 4 is 0 Å². The topological polar surface area (TPSA) is 41.9 Å². The highest BCUT2D eigenvalue weighted by molar-refractivity contribution is 5.31. The molecule has 0 aliphatic carbocycles. The minimum atomic E-state index is -2.62. The third-order valence-corrected chi connectivity index (χ3v) is 5.55. The van der Waals surface area contributed by atoms with Gasteiger partial charge in [-0.15, -0.1) is 0 Å². The fraction of sp³-hybridized carbons (Fsp3) is 0.429. The van der Waals surface area contributed by atoms with E-state index < -0.39 is 30.8 Å². The molecule has 1 N–H and O–H groups in total. The number of nitrogens with zero attached hydrogens (tertiary/aromatic N) is 1. The molecular weight excluding hydrogens is 390 g/mol. The predicted molar refractivity (Wildman–Crippen MR) is 96.5 cm³/mol. The molecule has 4 rings (SSSR count). The first-order valence-electron chi connectivity index (χ1n) is 9.34. The number of benzene rings is 2. The molecule has 0 bridgehead atoms. The van der Waals surface area contributed by atoms with Crippen LogP contribution in [0.3, 0.4) is 0 Å². The molecule has 3 atom stereocenters. The standard InChI is InChI=1S/C21H21F4NO3/c22-17(23)13-3-1-5-15(9-13)19-26-20(16-6-2-4-14(10-16)18(24)25)29-12-21(26,7-8-27)11-28-19/h1-6,9-10,17-20,27H,7-8,11-12H2/t19-,20+,21?. The van der Waals surface area contributed by atoms with Gasteiger partial charge in [0.1, 0.15) is 12.5 Å². The van der Waals surface area contributed by atoms with Gasteiger partial charge in [0.25, 0.3) is 12.9 Å². The highest BCUT2D eigenvalue weighted by Crippen LogP contribution is 2.50. The molecule has 29 heavy (non-hydrogen) atoms. The molecule has 156 valence electrons. The van der Waals surface area contributed by atoms with Crippen molar-refractivity contribution in [2.24, 2.45) is 0 Å². The zero-order chi connectivity index (χ0) is 20.6. The average Bonchev–Trinajstić information content (AvgIpc) is 3.25. The van der Waals surface area contributed by atoms with Crippen LogP contribution in [0.1, 0.15) is 54.0 Å². The van der Waals surface area contributed by atoms with Crippen molar-refractivity contribution in [3.8, 4) is 0 Å². The van der Waals surface area contributed by atoms with Crippen molar-refractivity contribution in [3.05, 3.63) is 70.8 Å². The van der Waals surface area contributed by atoms with E-state index in [1.807, 2.05) is 4.90 Å². The largest absolute Gasteiger partial charge is 0.396 e. The summed E-state index contributed by atoms with van der Waals surface area (Å²) in [6.07, 6.45) is -6.27. The Labute approximate surface area is 165 Å². The number of fused-ring (bicyclic) bond motifs is 1. The Morgan fingerprint density at radius 3 is 1.79 bits per heavy atom. The second-order valence-electron chi connectivity index (χ2n) is 7.37. The van der Waals surface area contributed by atoms with Gasteiger partial charge in [-0.2, -0.15) is 0 Å². The van der Waals surface area contributed by atoms with Crippen molar-refractivity contribution in [2.75, 3.05) is 19.8 Å². The van der Waals surface area contributed by atoms with Gasteiger partial charge in [0, 0.05) is 17.7 Å². The lowest BCUT2D eigenvalue weighted by Gasteiger charge is -2.34. The molecule has 0 spiro atoms. The highest BCUT2D eigenvalue weighted by Gasteiger charge is 2.56. The second kappa shape index (κ2) is 8.02. The molecule has 2 aromatic carbocycles. The van der Waals surface area contributed by atoms with Crippen molar-refractivity contribution in [3.63, 3.8) is 0 Å². The lowest BCUT2D eigenvalue weighted by atomic mass is 9.95. The van der Waals surface area contributed by atoms with Crippen molar-refractivity contribution in [1.82, 2.24) is 4.90 Å². The summed E-state index contributed by atoms with van der Waals surface area (Å²) >= 11 is 0. The SMILES string of the molecule is OCCC12CO[C@H](c3cccc(C(F)F)c3)N1[C@H](c1cccc(C(F)F)c1)OC2. The normalized spacial score (nSPS) is 27.1. The minimum Gasteiger partial charge on any atom is -0.396 e. The van der Waals surface area contributed by atoms with Gasteiger partial charge in [0.2, 0.25) is 0 Å². The Balaban J connectivity index is 1.73. The number of alkyl halides is 4. The number of rotatable bonds is 6. The molecular formula is C21H21F4NO3. The van der Waals surface area contributed by atoms with Crippen LogP contribution in [0, 0.1) is 0 Å². The molecule has 0 radical (unpaired) electrons. The van der Waals surface area contributed by atoms with Crippen LogP contribution in [0.25, 0.3) is 0 Å². The number of aliphatic hydroxyl groups is 1. The fourth-order valence-corrected chi connectivity index (χ4v) is 4.13. The third-order valence-electron chi connectivity index (χ3n) is 5.55. The van der Waals surface area contributed by atoms with E-state index >= 15 is 0 Å². The summed E-state index contributed by atoms with van der Waals surface area (Å²) in [7, 11) is 0. The lowest BCUT2D eigenvalue weighted by molar-refractivity contribution is -0.0625. The molecule has 0 saturated carbocycles. The van der Waals surface area contributed by atoms with Gasteiger partial charge in [0.15, 0.2) is 0 Å². The summed E-state index contributed by atoms with van der Waals surface area (Å²) < 4.78 is 64.6. The van der Waals surface area contributed by atoms with Crippen molar-refractivity contribution < 1.29 is 32.1 Å². The Hall–Kier alpha value is -2.00. The van der Waals surface area contributed by atoms with Crippen LogP contribution in [0.2, 0.25) is 0 Å². The maximum Gasteiger partial charge on any atom is 0.263 e. The molecule has 2 saturated heterocycles. The predicted octanol–water partition coefficient (Wildman–Crippen LogP) is 4.74. The summed E-state index contributed by atoms with van der Waals surface area (Å²) in [4.78, 5) is 1.87. The van der Waals surface area contributed by atoms with E-state index in [4.69, 9.17) is 9.47 Å². The number of ether oxygens (including phenoxy) is 2. The maximum absolute atomic E-state index is 13.2. The van der Waals surface area contributed by atoms with E-state index in [2.05, 4.69) is 0 Å². The summed E-state index contributed by atoms with van der Waals surface area (Å²) in [5.41, 5.74) is 0.154. The number of aliphatic hydroxyl groups excluding tert-OH is 1. The van der Waals surface area contributed by atoms with Crippen LogP contribution in [0.15, 0.2) is 48.5 Å². The van der Waals surface area contributed by atoms with E-state index in [-0.39, 0.29) is 30.9 Å². The van der Waals surface area contributed by atoms with Crippen LogP contribution in [-0.4, -0.2) is 35.4 Å². The summed E-state index contributed by atoms with van der Waals surface area (Å²) in [5, 5.41) is 9.58. The van der Waals surface area contributed by atoms with E-state index in [1.54, 1.807) is 12.1 Å². The fourth-order valence-electron chi connectivity index (χ4n) is 4.13. The zero-order valence-corrected chi connectivity index (χ0v) is 15.5. The molecule has 2 fully saturated rings. The summed E-state index contributed by atoms with van der Waals surface area (Å²) in [6, 6.07) is 11.9. The Bertz CT molecular complexity index is 800. The molecule has 0 amide bonds. The number of hydrogen-bond donors (Lipinski definition) is 1. The van der Waals surface area contributed by atoms with Gasteiger partial charge in [-0.3, -0.25) is 0 Å². The van der Waals surface area contributed by atoms with Crippen molar-refractivity contribution in [1.29, 1.82) is 0 Å². The van der Waals surface area contributed by atoms with Crippen LogP contribution < -0.4 is 0 Å². The second-order valence-corrected chi connectivity index (χ2v) is 7.37. The lowest BCUT2D eigenvalue weighted by Crippen LogP contribution is -2.45. The average molecular weight is 411 g/mol. The van der Waals surface area contributed by atoms with E-state index in [9.17, 15) is 22.7 Å². The molecule has 1 unspecified atom stereocenters. The smallest absolute Gasteiger partial charge is 0.263 e. The van der Waals surface area contributed by atoms with Crippen LogP contribution in [0.5, 0.6) is 0 Å². The van der Waals surface area contributed by atoms with Crippen LogP contribution in [-0.2, 0) is 9.47 Å². The first-order valence-corrected chi connectivity index (χ1v) is 9.34. The van der Waals surface area contributed by atoms with Gasteiger partial charge < -0.3 is 14.6 Å². The first-order chi connectivity index (χ1) is 13.9. The van der Waals surface area contributed by atoms with Gasteiger partial charge in [-0.05, 0) is 29.7 Å². The Morgan fingerprint density at radius 1 is 0.897 bits per heavy atom. The molecule has 0 aromatic heterocycles. The van der Waals surface area contributed by atoms with Crippen molar-refractivity contribution in [2.45, 2.75) is 37.3 Å². The van der Waals surface area contributed by atoms with E-state index in [0.717, 1.165) is 0 Å². The quantitative estimate of drug-likeness (QED) is 0.697. The Kier molecular flexibility index (Phi) is 5.61. The minimum absolute atomic E-state index is 0.114. The van der Waals surface area contributed by atoms with Crippen LogP contribution >= 0.6 is 0 Å². The first kappa shape index (κ1) is 20.3. The molecule has 2 heterocycles. The molecule has 8 heteroatoms. The van der Waals surface area contributed by atoms with Gasteiger partial charge >= 0.3 is 0 Å². The number of halogens is 4. The molecule has 2 aliphatic rings. The molecule has 4 nitrogen and oxygen atoms in total. The third kappa shape index (κ3) is 3.66. The monoisotopic (exact) mass is 411 g/mol. The zero-order valence-electron chi connectivity index (χ0n) is 15.5. The van der Waals surface area contributed by atoms with Crippen LogP contribution in [0.4, 0.5) is 17.6 Å². The molecule has 2 aliphatic heterocycles. The summed E-state index contributed by atoms with van der Waals surface area (Å²) in [5.74, 6) is 0. The van der Waals surface area contributed by atoms with E-state index in [0.29, 0.717) is 17.5 Å². The van der Waals surface area contributed by atoms with Gasteiger partial charge in [0.05, 0.1) is 18.8 Å². The van der Waals surface area contributed by atoms with Gasteiger partial charge in [-0.1, -0.05) is 36.4 Å². The maximum atomic E-state index is 13.2. The number of hydrogen-bond acceptors (Lipinski definition) is 4. The molecule has 2 aromatic rings. The van der Waals surface area contributed by atoms with E-state index in [1.165, 1.54) is 36.4 Å². The van der Waals surface area contributed by atoms with Gasteiger partial charge in [-0.25, -0.2) is 22.5 Å².